The summed E-state index contributed by atoms with van der Waals surface area (Å²) in [4.78, 5) is 13.1. The zero-order valence-corrected chi connectivity index (χ0v) is 17.5. The lowest BCUT2D eigenvalue weighted by Gasteiger charge is -2.29. The summed E-state index contributed by atoms with van der Waals surface area (Å²) in [6, 6.07) is 5.09. The van der Waals surface area contributed by atoms with E-state index in [0.717, 1.165) is 11.8 Å². The number of carbonyl (C=O) groups is 1. The number of ether oxygens (including phenoxy) is 1. The number of nitrogens with zero attached hydrogens (tertiary/aromatic N) is 1. The molecule has 1 saturated heterocycles. The Morgan fingerprint density at radius 3 is 2.61 bits per heavy atom. The van der Waals surface area contributed by atoms with Crippen LogP contribution in [0.15, 0.2) is 23.1 Å². The van der Waals surface area contributed by atoms with Gasteiger partial charge in [0.1, 0.15) is 0 Å². The maximum absolute atomic E-state index is 13.0. The number of aryl methyl sites for hydroxylation is 1. The minimum Gasteiger partial charge on any atom is -0.379 e. The van der Waals surface area contributed by atoms with E-state index in [1.54, 1.807) is 19.1 Å². The summed E-state index contributed by atoms with van der Waals surface area (Å²) in [6.45, 7) is 5.35. The van der Waals surface area contributed by atoms with E-state index in [1.165, 1.54) is 36.1 Å². The second-order valence-electron chi connectivity index (χ2n) is 8.60. The van der Waals surface area contributed by atoms with Crippen LogP contribution >= 0.6 is 0 Å². The Bertz CT molecular complexity index is 848. The maximum Gasteiger partial charge on any atom is 0.251 e. The van der Waals surface area contributed by atoms with E-state index in [9.17, 15) is 13.2 Å². The summed E-state index contributed by atoms with van der Waals surface area (Å²) in [5.74, 6) is 1.92. The molecular weight excluding hydrogens is 376 g/mol. The molecule has 2 bridgehead atoms. The van der Waals surface area contributed by atoms with Crippen molar-refractivity contribution < 1.29 is 17.9 Å². The second kappa shape index (κ2) is 7.76. The number of carbonyl (C=O) groups excluding carboxylic acids is 1. The van der Waals surface area contributed by atoms with Gasteiger partial charge >= 0.3 is 0 Å². The molecule has 4 unspecified atom stereocenters. The Hall–Kier alpha value is -1.44. The van der Waals surface area contributed by atoms with Crippen LogP contribution in [0.5, 0.6) is 0 Å². The second-order valence-corrected chi connectivity index (χ2v) is 10.5. The topological polar surface area (TPSA) is 75.7 Å². The first-order chi connectivity index (χ1) is 13.4. The summed E-state index contributed by atoms with van der Waals surface area (Å²) in [7, 11) is -3.63. The van der Waals surface area contributed by atoms with Gasteiger partial charge in [-0.25, -0.2) is 8.42 Å². The van der Waals surface area contributed by atoms with Crippen molar-refractivity contribution >= 4 is 15.9 Å². The molecule has 6 nitrogen and oxygen atoms in total. The third kappa shape index (κ3) is 3.72. The fourth-order valence-corrected chi connectivity index (χ4v) is 6.91. The molecule has 4 atom stereocenters. The molecule has 2 aliphatic carbocycles. The lowest BCUT2D eigenvalue weighted by molar-refractivity contribution is 0.0730. The van der Waals surface area contributed by atoms with E-state index in [-0.39, 0.29) is 16.8 Å². The SMILES string of the molecule is Cc1ccc(C(=O)NC(C)C2CC3CCC2C3)cc1S(=O)(=O)N1CCOCC1. The molecule has 0 radical (unpaired) electrons. The van der Waals surface area contributed by atoms with Crippen molar-refractivity contribution in [3.05, 3.63) is 29.3 Å². The Balaban J connectivity index is 1.50. The molecule has 0 aromatic heterocycles. The molecule has 1 aromatic rings. The number of morpholine rings is 1. The van der Waals surface area contributed by atoms with E-state index in [4.69, 9.17) is 4.74 Å². The van der Waals surface area contributed by atoms with Crippen molar-refractivity contribution in [2.24, 2.45) is 17.8 Å². The molecular formula is C21H30N2O4S. The molecule has 1 heterocycles. The van der Waals surface area contributed by atoms with Gasteiger partial charge in [0, 0.05) is 24.7 Å². The third-order valence-corrected chi connectivity index (χ3v) is 8.87. The predicted molar refractivity (Wildman–Crippen MR) is 107 cm³/mol. The van der Waals surface area contributed by atoms with Gasteiger partial charge in [-0.15, -0.1) is 0 Å². The van der Waals surface area contributed by atoms with Gasteiger partial charge < -0.3 is 10.1 Å². The largest absolute Gasteiger partial charge is 0.379 e. The predicted octanol–water partition coefficient (Wildman–Crippen LogP) is 2.57. The van der Waals surface area contributed by atoms with E-state index in [1.807, 2.05) is 0 Å². The van der Waals surface area contributed by atoms with E-state index >= 15 is 0 Å². The highest BCUT2D eigenvalue weighted by molar-refractivity contribution is 7.89. The molecule has 154 valence electrons. The normalized spacial score (nSPS) is 29.0. The van der Waals surface area contributed by atoms with E-state index in [0.29, 0.717) is 43.3 Å². The van der Waals surface area contributed by atoms with Gasteiger partial charge in [-0.1, -0.05) is 12.5 Å². The molecule has 3 aliphatic rings. The fraction of sp³-hybridized carbons (Fsp3) is 0.667. The minimum absolute atomic E-state index is 0.114. The third-order valence-electron chi connectivity index (χ3n) is 6.83. The highest BCUT2D eigenvalue weighted by Crippen LogP contribution is 2.49. The van der Waals surface area contributed by atoms with Crippen LogP contribution in [-0.2, 0) is 14.8 Å². The zero-order valence-electron chi connectivity index (χ0n) is 16.7. The zero-order chi connectivity index (χ0) is 19.9. The summed E-state index contributed by atoms with van der Waals surface area (Å²) >= 11 is 0. The first-order valence-corrected chi connectivity index (χ1v) is 11.8. The number of amides is 1. The Morgan fingerprint density at radius 1 is 1.21 bits per heavy atom. The summed E-state index contributed by atoms with van der Waals surface area (Å²) in [5.41, 5.74) is 1.07. The number of nitrogens with one attached hydrogen (secondary N) is 1. The lowest BCUT2D eigenvalue weighted by Crippen LogP contribution is -2.41. The number of hydrogen-bond acceptors (Lipinski definition) is 4. The highest BCUT2D eigenvalue weighted by atomic mass is 32.2. The molecule has 4 rings (SSSR count). The average Bonchev–Trinajstić information content (AvgIpc) is 3.32. The van der Waals surface area contributed by atoms with Gasteiger partial charge in [-0.05, 0) is 68.6 Å². The standard InChI is InChI=1S/C21H30N2O4S/c1-14-3-5-18(13-20(14)28(25,26)23-7-9-27-10-8-23)21(24)22-15(2)19-12-16-4-6-17(19)11-16/h3,5,13,15-17,19H,4,6-12H2,1-2H3,(H,22,24). The number of rotatable bonds is 5. The Labute approximate surface area is 167 Å². The summed E-state index contributed by atoms with van der Waals surface area (Å²) in [5, 5.41) is 3.13. The van der Waals surface area contributed by atoms with Crippen LogP contribution < -0.4 is 5.32 Å². The van der Waals surface area contributed by atoms with Gasteiger partial charge in [-0.3, -0.25) is 4.79 Å². The van der Waals surface area contributed by atoms with Gasteiger partial charge in [0.15, 0.2) is 0 Å². The molecule has 1 amide bonds. The minimum atomic E-state index is -3.63. The monoisotopic (exact) mass is 406 g/mol. The molecule has 3 fully saturated rings. The van der Waals surface area contributed by atoms with Crippen LogP contribution in [-0.4, -0.2) is 51.0 Å². The van der Waals surface area contributed by atoms with Crippen LogP contribution in [0.25, 0.3) is 0 Å². The maximum atomic E-state index is 13.0. The van der Waals surface area contributed by atoms with E-state index in [2.05, 4.69) is 12.2 Å². The molecule has 1 aromatic carbocycles. The van der Waals surface area contributed by atoms with Crippen LogP contribution in [0.4, 0.5) is 0 Å². The summed E-state index contributed by atoms with van der Waals surface area (Å²) < 4.78 is 32.8. The van der Waals surface area contributed by atoms with E-state index < -0.39 is 10.0 Å². The van der Waals surface area contributed by atoms with Crippen LogP contribution in [0.1, 0.15) is 48.5 Å². The lowest BCUT2D eigenvalue weighted by atomic mass is 9.84. The Kier molecular flexibility index (Phi) is 5.51. The fourth-order valence-electron chi connectivity index (χ4n) is 5.25. The van der Waals surface area contributed by atoms with Crippen LogP contribution in [0.3, 0.4) is 0 Å². The highest BCUT2D eigenvalue weighted by Gasteiger charge is 2.42. The molecule has 1 aliphatic heterocycles. The molecule has 0 spiro atoms. The van der Waals surface area contributed by atoms with Crippen molar-refractivity contribution in [2.75, 3.05) is 26.3 Å². The molecule has 7 heteroatoms. The number of fused-ring (bicyclic) bond motifs is 2. The van der Waals surface area contributed by atoms with Crippen molar-refractivity contribution in [1.82, 2.24) is 9.62 Å². The number of benzene rings is 1. The average molecular weight is 407 g/mol. The van der Waals surface area contributed by atoms with Crippen molar-refractivity contribution in [3.8, 4) is 0 Å². The van der Waals surface area contributed by atoms with Crippen LogP contribution in [0.2, 0.25) is 0 Å². The van der Waals surface area contributed by atoms with Crippen molar-refractivity contribution in [3.63, 3.8) is 0 Å². The van der Waals surface area contributed by atoms with Gasteiger partial charge in [0.2, 0.25) is 10.0 Å². The molecule has 1 N–H and O–H groups in total. The summed E-state index contributed by atoms with van der Waals surface area (Å²) in [6.07, 6.45) is 5.12. The van der Waals surface area contributed by atoms with Crippen LogP contribution in [0, 0.1) is 24.7 Å². The first kappa shape index (κ1) is 19.9. The van der Waals surface area contributed by atoms with Gasteiger partial charge in [-0.2, -0.15) is 4.31 Å². The molecule has 2 saturated carbocycles. The smallest absolute Gasteiger partial charge is 0.251 e. The number of sulfonamides is 1. The van der Waals surface area contributed by atoms with Crippen molar-refractivity contribution in [1.29, 1.82) is 0 Å². The van der Waals surface area contributed by atoms with Crippen molar-refractivity contribution in [2.45, 2.75) is 50.5 Å². The quantitative estimate of drug-likeness (QED) is 0.815. The molecule has 28 heavy (non-hydrogen) atoms. The Morgan fingerprint density at radius 2 is 1.96 bits per heavy atom. The van der Waals surface area contributed by atoms with Gasteiger partial charge in [0.05, 0.1) is 18.1 Å². The first-order valence-electron chi connectivity index (χ1n) is 10.4. The number of hydrogen-bond donors (Lipinski definition) is 1. The van der Waals surface area contributed by atoms with Gasteiger partial charge in [0.25, 0.3) is 5.91 Å².